The van der Waals surface area contributed by atoms with Crippen LogP contribution < -0.4 is 15.4 Å². The topological polar surface area (TPSA) is 87.7 Å². The fourth-order valence-corrected chi connectivity index (χ4v) is 3.22. The van der Waals surface area contributed by atoms with Gasteiger partial charge in [-0.15, -0.1) is 0 Å². The number of anilines is 1. The zero-order valence-corrected chi connectivity index (χ0v) is 16.1. The van der Waals surface area contributed by atoms with E-state index >= 15 is 0 Å². The number of hydrogen-bond donors (Lipinski definition) is 2. The molecular formula is C21H23N3O4. The van der Waals surface area contributed by atoms with Crippen molar-refractivity contribution in [1.82, 2.24) is 10.2 Å². The Morgan fingerprint density at radius 1 is 1.14 bits per heavy atom. The van der Waals surface area contributed by atoms with Crippen molar-refractivity contribution in [3.63, 3.8) is 0 Å². The molecule has 0 spiro atoms. The molecule has 0 unspecified atom stereocenters. The van der Waals surface area contributed by atoms with Gasteiger partial charge in [0.05, 0.1) is 7.11 Å². The van der Waals surface area contributed by atoms with Crippen molar-refractivity contribution in [2.45, 2.75) is 25.8 Å². The minimum absolute atomic E-state index is 0.262. The molecule has 1 aliphatic heterocycles. The molecule has 4 amide bonds. The second kappa shape index (κ2) is 7.72. The first-order valence-electron chi connectivity index (χ1n) is 8.95. The van der Waals surface area contributed by atoms with Gasteiger partial charge >= 0.3 is 6.03 Å². The van der Waals surface area contributed by atoms with Crippen LogP contribution in [0.2, 0.25) is 0 Å². The highest BCUT2D eigenvalue weighted by molar-refractivity contribution is 6.10. The van der Waals surface area contributed by atoms with Crippen LogP contribution in [0, 0.1) is 6.92 Å². The van der Waals surface area contributed by atoms with Gasteiger partial charge in [0.25, 0.3) is 5.91 Å². The predicted octanol–water partition coefficient (Wildman–Crippen LogP) is 2.50. The zero-order chi connectivity index (χ0) is 20.3. The van der Waals surface area contributed by atoms with Crippen LogP contribution in [0.5, 0.6) is 5.75 Å². The summed E-state index contributed by atoms with van der Waals surface area (Å²) in [5, 5.41) is 5.41. The Kier molecular flexibility index (Phi) is 5.35. The van der Waals surface area contributed by atoms with Crippen LogP contribution in [0.4, 0.5) is 10.5 Å². The Morgan fingerprint density at radius 2 is 1.82 bits per heavy atom. The van der Waals surface area contributed by atoms with E-state index < -0.39 is 23.4 Å². The molecule has 1 saturated heterocycles. The predicted molar refractivity (Wildman–Crippen MR) is 105 cm³/mol. The van der Waals surface area contributed by atoms with E-state index in [0.29, 0.717) is 11.4 Å². The Hall–Kier alpha value is -3.35. The third kappa shape index (κ3) is 3.98. The molecule has 0 radical (unpaired) electrons. The van der Waals surface area contributed by atoms with E-state index in [-0.39, 0.29) is 13.0 Å². The third-order valence-corrected chi connectivity index (χ3v) is 4.72. The number of ether oxygens (including phenoxy) is 1. The molecule has 28 heavy (non-hydrogen) atoms. The lowest BCUT2D eigenvalue weighted by atomic mass is 9.92. The lowest BCUT2D eigenvalue weighted by molar-refractivity contribution is -0.133. The number of urea groups is 1. The molecule has 7 nitrogen and oxygen atoms in total. The summed E-state index contributed by atoms with van der Waals surface area (Å²) >= 11 is 0. The maximum Gasteiger partial charge on any atom is 0.325 e. The Balaban J connectivity index is 1.70. The maximum absolute atomic E-state index is 12.9. The molecule has 0 aromatic heterocycles. The number of carbonyl (C=O) groups is 3. The average Bonchev–Trinajstić information content (AvgIpc) is 2.87. The van der Waals surface area contributed by atoms with Crippen molar-refractivity contribution in [3.05, 3.63) is 59.7 Å². The van der Waals surface area contributed by atoms with Gasteiger partial charge in [-0.1, -0.05) is 35.9 Å². The van der Waals surface area contributed by atoms with Gasteiger partial charge in [-0.05, 0) is 37.6 Å². The van der Waals surface area contributed by atoms with E-state index in [2.05, 4.69) is 10.6 Å². The van der Waals surface area contributed by atoms with Gasteiger partial charge in [-0.3, -0.25) is 14.5 Å². The number of hydrogen-bond acceptors (Lipinski definition) is 4. The standard InChI is InChI=1S/C21H23N3O4/c1-14-8-10-16(11-9-14)22-18(25)13-24-19(26)21(2,23-20(24)27)12-15-6-4-5-7-17(15)28-3/h4-11H,12-13H2,1-3H3,(H,22,25)(H,23,27)/t21-/m0/s1. The number of para-hydroxylation sites is 1. The van der Waals surface area contributed by atoms with Crippen molar-refractivity contribution in [1.29, 1.82) is 0 Å². The number of methoxy groups -OCH3 is 1. The molecule has 0 aliphatic carbocycles. The number of amides is 4. The summed E-state index contributed by atoms with van der Waals surface area (Å²) < 4.78 is 5.33. The smallest absolute Gasteiger partial charge is 0.325 e. The van der Waals surface area contributed by atoms with Crippen molar-refractivity contribution in [3.8, 4) is 5.75 Å². The number of rotatable bonds is 6. The molecule has 1 heterocycles. The van der Waals surface area contributed by atoms with Crippen LogP contribution in [-0.4, -0.2) is 41.9 Å². The van der Waals surface area contributed by atoms with Crippen LogP contribution in [0.3, 0.4) is 0 Å². The van der Waals surface area contributed by atoms with Gasteiger partial charge in [0, 0.05) is 12.1 Å². The highest BCUT2D eigenvalue weighted by Gasteiger charge is 2.48. The number of imide groups is 1. The Labute approximate surface area is 163 Å². The lowest BCUT2D eigenvalue weighted by Gasteiger charge is -2.22. The quantitative estimate of drug-likeness (QED) is 0.753. The normalized spacial score (nSPS) is 18.8. The number of nitrogens with zero attached hydrogens (tertiary/aromatic N) is 1. The van der Waals surface area contributed by atoms with Crippen LogP contribution in [0.15, 0.2) is 48.5 Å². The fraction of sp³-hybridized carbons (Fsp3) is 0.286. The highest BCUT2D eigenvalue weighted by Crippen LogP contribution is 2.27. The Bertz CT molecular complexity index is 910. The van der Waals surface area contributed by atoms with E-state index in [1.165, 1.54) is 0 Å². The monoisotopic (exact) mass is 381 g/mol. The largest absolute Gasteiger partial charge is 0.496 e. The van der Waals surface area contributed by atoms with Crippen LogP contribution in [0.25, 0.3) is 0 Å². The summed E-state index contributed by atoms with van der Waals surface area (Å²) in [6.07, 6.45) is 0.262. The second-order valence-corrected chi connectivity index (χ2v) is 7.06. The van der Waals surface area contributed by atoms with E-state index in [0.717, 1.165) is 16.0 Å². The van der Waals surface area contributed by atoms with Gasteiger partial charge in [0.15, 0.2) is 0 Å². The van der Waals surface area contributed by atoms with Gasteiger partial charge < -0.3 is 15.4 Å². The molecular weight excluding hydrogens is 358 g/mol. The SMILES string of the molecule is COc1ccccc1C[C@]1(C)NC(=O)N(CC(=O)Nc2ccc(C)cc2)C1=O. The molecule has 2 N–H and O–H groups in total. The highest BCUT2D eigenvalue weighted by atomic mass is 16.5. The van der Waals surface area contributed by atoms with Crippen molar-refractivity contribution >= 4 is 23.5 Å². The number of nitrogens with one attached hydrogen (secondary N) is 2. The van der Waals surface area contributed by atoms with Crippen LogP contribution in [-0.2, 0) is 16.0 Å². The number of carbonyl (C=O) groups excluding carboxylic acids is 3. The van der Waals surface area contributed by atoms with E-state index in [4.69, 9.17) is 4.74 Å². The summed E-state index contributed by atoms with van der Waals surface area (Å²) in [4.78, 5) is 38.5. The first kappa shape index (κ1) is 19.4. The van der Waals surface area contributed by atoms with Gasteiger partial charge in [0.1, 0.15) is 17.8 Å². The summed E-state index contributed by atoms with van der Waals surface area (Å²) in [6, 6.07) is 14.0. The summed E-state index contributed by atoms with van der Waals surface area (Å²) in [6.45, 7) is 3.25. The second-order valence-electron chi connectivity index (χ2n) is 7.06. The fourth-order valence-electron chi connectivity index (χ4n) is 3.22. The molecule has 3 rings (SSSR count). The van der Waals surface area contributed by atoms with Crippen LogP contribution >= 0.6 is 0 Å². The van der Waals surface area contributed by atoms with Crippen molar-refractivity contribution < 1.29 is 19.1 Å². The minimum Gasteiger partial charge on any atom is -0.496 e. The van der Waals surface area contributed by atoms with Gasteiger partial charge in [-0.25, -0.2) is 4.79 Å². The molecule has 146 valence electrons. The lowest BCUT2D eigenvalue weighted by Crippen LogP contribution is -2.46. The molecule has 1 aliphatic rings. The summed E-state index contributed by atoms with van der Waals surface area (Å²) in [7, 11) is 1.55. The number of benzene rings is 2. The summed E-state index contributed by atoms with van der Waals surface area (Å²) in [5.41, 5.74) is 1.33. The summed E-state index contributed by atoms with van der Waals surface area (Å²) in [5.74, 6) is -0.238. The molecule has 0 bridgehead atoms. The van der Waals surface area contributed by atoms with Crippen molar-refractivity contribution in [2.24, 2.45) is 0 Å². The van der Waals surface area contributed by atoms with E-state index in [1.54, 1.807) is 32.2 Å². The third-order valence-electron chi connectivity index (χ3n) is 4.72. The van der Waals surface area contributed by atoms with E-state index in [1.807, 2.05) is 37.3 Å². The molecule has 7 heteroatoms. The minimum atomic E-state index is -1.14. The maximum atomic E-state index is 12.9. The Morgan fingerprint density at radius 3 is 2.50 bits per heavy atom. The number of aryl methyl sites for hydroxylation is 1. The zero-order valence-electron chi connectivity index (χ0n) is 16.1. The molecule has 0 saturated carbocycles. The van der Waals surface area contributed by atoms with Crippen molar-refractivity contribution in [2.75, 3.05) is 19.0 Å². The van der Waals surface area contributed by atoms with Gasteiger partial charge in [0.2, 0.25) is 5.91 Å². The molecule has 1 fully saturated rings. The van der Waals surface area contributed by atoms with Gasteiger partial charge in [-0.2, -0.15) is 0 Å². The van der Waals surface area contributed by atoms with Crippen LogP contribution in [0.1, 0.15) is 18.1 Å². The first-order chi connectivity index (χ1) is 13.3. The molecule has 1 atom stereocenters. The molecule has 2 aromatic rings. The molecule has 2 aromatic carbocycles. The van der Waals surface area contributed by atoms with E-state index in [9.17, 15) is 14.4 Å². The first-order valence-corrected chi connectivity index (χ1v) is 8.95. The average molecular weight is 381 g/mol.